The van der Waals surface area contributed by atoms with Crippen LogP contribution in [0.1, 0.15) is 23.5 Å². The number of carbonyl (C=O) groups excluding carboxylic acids is 2. The van der Waals surface area contributed by atoms with Gasteiger partial charge in [-0.2, -0.15) is 0 Å². The third kappa shape index (κ3) is 3.64. The summed E-state index contributed by atoms with van der Waals surface area (Å²) in [5, 5.41) is 0. The minimum Gasteiger partial charge on any atom is -0.467 e. The number of likely N-dealkylation sites (N-methyl/N-ethyl adjacent to an activating group) is 1. The quantitative estimate of drug-likeness (QED) is 0.590. The number of hydrogen-bond acceptors (Lipinski definition) is 4. The summed E-state index contributed by atoms with van der Waals surface area (Å²) in [4.78, 5) is 26.4. The topological polar surface area (TPSA) is 46.6 Å². The van der Waals surface area contributed by atoms with E-state index in [2.05, 4.69) is 47.8 Å². The number of nitrogens with zero attached hydrogens (tertiary/aromatic N) is 1. The van der Waals surface area contributed by atoms with Gasteiger partial charge in [-0.3, -0.25) is 4.79 Å². The van der Waals surface area contributed by atoms with E-state index in [4.69, 9.17) is 4.74 Å². The molecule has 0 aliphatic rings. The molecule has 0 saturated heterocycles. The summed E-state index contributed by atoms with van der Waals surface area (Å²) in [7, 11) is 2.93. The highest BCUT2D eigenvalue weighted by molar-refractivity contribution is 9.14. The van der Waals surface area contributed by atoms with Gasteiger partial charge in [0.25, 0.3) is 5.91 Å². The van der Waals surface area contributed by atoms with Crippen LogP contribution in [0.5, 0.6) is 0 Å². The molecule has 20 heavy (non-hydrogen) atoms. The van der Waals surface area contributed by atoms with Crippen LogP contribution in [-0.4, -0.2) is 37.0 Å². The third-order valence-electron chi connectivity index (χ3n) is 2.76. The minimum atomic E-state index is -0.612. The molecule has 1 aromatic rings. The average Bonchev–Trinajstić information content (AvgIpc) is 2.65. The minimum absolute atomic E-state index is 0.0398. The monoisotopic (exact) mass is 489 g/mol. The molecular formula is C12H14Br3NO3S. The van der Waals surface area contributed by atoms with E-state index in [0.717, 1.165) is 8.26 Å². The zero-order valence-electron chi connectivity index (χ0n) is 11.4. The molecule has 1 heterocycles. The molecule has 0 spiro atoms. The van der Waals surface area contributed by atoms with Crippen LogP contribution in [0.2, 0.25) is 0 Å². The van der Waals surface area contributed by atoms with E-state index in [9.17, 15) is 9.59 Å². The molecule has 8 heteroatoms. The van der Waals surface area contributed by atoms with Gasteiger partial charge < -0.3 is 9.64 Å². The van der Waals surface area contributed by atoms with Crippen LogP contribution >= 0.6 is 59.1 Å². The fourth-order valence-corrected chi connectivity index (χ4v) is 4.85. The summed E-state index contributed by atoms with van der Waals surface area (Å²) in [6, 6.07) is -0.612. The molecule has 0 bridgehead atoms. The number of carbonyl (C=O) groups is 2. The first-order valence-corrected chi connectivity index (χ1v) is 8.90. The molecule has 0 N–H and O–H groups in total. The van der Waals surface area contributed by atoms with Crippen molar-refractivity contribution in [1.29, 1.82) is 0 Å². The van der Waals surface area contributed by atoms with E-state index < -0.39 is 12.0 Å². The number of methoxy groups -OCH3 is 1. The van der Waals surface area contributed by atoms with Gasteiger partial charge in [0.2, 0.25) is 0 Å². The van der Waals surface area contributed by atoms with Crippen molar-refractivity contribution in [2.75, 3.05) is 14.2 Å². The molecular weight excluding hydrogens is 478 g/mol. The molecule has 0 aliphatic heterocycles. The Bertz CT molecular complexity index is 530. The lowest BCUT2D eigenvalue weighted by Crippen LogP contribution is -2.46. The molecule has 1 unspecified atom stereocenters. The highest BCUT2D eigenvalue weighted by Gasteiger charge is 2.33. The highest BCUT2D eigenvalue weighted by Crippen LogP contribution is 2.41. The lowest BCUT2D eigenvalue weighted by atomic mass is 10.0. The maximum atomic E-state index is 12.6. The fraction of sp³-hybridized carbons (Fsp3) is 0.500. The van der Waals surface area contributed by atoms with Crippen molar-refractivity contribution in [2.24, 2.45) is 5.92 Å². The van der Waals surface area contributed by atoms with Gasteiger partial charge in [0.15, 0.2) is 0 Å². The standard InChI is InChI=1S/C12H14Br3NO3S/c1-5(2)8(12(18)19-4)16(3)11(17)9-6(13)7(14)10(15)20-9/h5,8H,1-4H3. The van der Waals surface area contributed by atoms with Crippen molar-refractivity contribution < 1.29 is 14.3 Å². The van der Waals surface area contributed by atoms with Crippen molar-refractivity contribution in [3.63, 3.8) is 0 Å². The summed E-state index contributed by atoms with van der Waals surface area (Å²) in [5.74, 6) is -0.680. The molecule has 1 rings (SSSR count). The van der Waals surface area contributed by atoms with Crippen molar-refractivity contribution in [3.8, 4) is 0 Å². The van der Waals surface area contributed by atoms with Crippen LogP contribution in [0.25, 0.3) is 0 Å². The molecule has 0 aliphatic carbocycles. The molecule has 1 aromatic heterocycles. The van der Waals surface area contributed by atoms with Gasteiger partial charge in [-0.1, -0.05) is 13.8 Å². The van der Waals surface area contributed by atoms with Crippen LogP contribution in [0, 0.1) is 5.92 Å². The normalized spacial score (nSPS) is 12.4. The number of amides is 1. The van der Waals surface area contributed by atoms with Gasteiger partial charge >= 0.3 is 5.97 Å². The molecule has 0 saturated carbocycles. The fourth-order valence-electron chi connectivity index (χ4n) is 1.79. The highest BCUT2D eigenvalue weighted by atomic mass is 79.9. The van der Waals surface area contributed by atoms with Crippen LogP contribution in [-0.2, 0) is 9.53 Å². The number of ether oxygens (including phenoxy) is 1. The van der Waals surface area contributed by atoms with Gasteiger partial charge in [0.1, 0.15) is 10.9 Å². The van der Waals surface area contributed by atoms with Crippen LogP contribution in [0.15, 0.2) is 12.7 Å². The molecule has 112 valence electrons. The Morgan fingerprint density at radius 3 is 2.10 bits per heavy atom. The van der Waals surface area contributed by atoms with Crippen LogP contribution < -0.4 is 0 Å². The second-order valence-electron chi connectivity index (χ2n) is 4.46. The Balaban J connectivity index is 3.11. The van der Waals surface area contributed by atoms with Gasteiger partial charge in [0.05, 0.1) is 19.8 Å². The number of halogens is 3. The number of rotatable bonds is 4. The first-order chi connectivity index (χ1) is 9.22. The molecule has 0 fully saturated rings. The van der Waals surface area contributed by atoms with Gasteiger partial charge in [0, 0.05) is 7.05 Å². The maximum absolute atomic E-state index is 12.6. The van der Waals surface area contributed by atoms with Crippen LogP contribution in [0.3, 0.4) is 0 Å². The molecule has 0 radical (unpaired) electrons. The molecule has 1 amide bonds. The zero-order valence-corrected chi connectivity index (χ0v) is 16.9. The average molecular weight is 492 g/mol. The first kappa shape index (κ1) is 18.1. The summed E-state index contributed by atoms with van der Waals surface area (Å²) in [6.45, 7) is 3.75. The third-order valence-corrected chi connectivity index (χ3v) is 7.79. The van der Waals surface area contributed by atoms with Crippen molar-refractivity contribution in [2.45, 2.75) is 19.9 Å². The van der Waals surface area contributed by atoms with E-state index in [1.807, 2.05) is 13.8 Å². The van der Waals surface area contributed by atoms with Gasteiger partial charge in [-0.05, 0) is 53.7 Å². The van der Waals surface area contributed by atoms with Crippen LogP contribution in [0.4, 0.5) is 0 Å². The van der Waals surface area contributed by atoms with Gasteiger partial charge in [-0.25, -0.2) is 4.79 Å². The maximum Gasteiger partial charge on any atom is 0.328 e. The number of thiophene rings is 1. The Kier molecular flexibility index (Phi) is 6.69. The summed E-state index contributed by atoms with van der Waals surface area (Å²) in [6.07, 6.45) is 0. The van der Waals surface area contributed by atoms with Crippen molar-refractivity contribution in [1.82, 2.24) is 4.90 Å². The largest absolute Gasteiger partial charge is 0.467 e. The van der Waals surface area contributed by atoms with E-state index >= 15 is 0 Å². The predicted octanol–water partition coefficient (Wildman–Crippen LogP) is 4.31. The SMILES string of the molecule is COC(=O)C(C(C)C)N(C)C(=O)c1sc(Br)c(Br)c1Br. The second kappa shape index (κ2) is 7.38. The number of esters is 1. The Morgan fingerprint density at radius 1 is 1.20 bits per heavy atom. The summed E-state index contributed by atoms with van der Waals surface area (Å²) < 4.78 is 7.07. The van der Waals surface area contributed by atoms with E-state index in [-0.39, 0.29) is 11.8 Å². The molecule has 4 nitrogen and oxygen atoms in total. The Morgan fingerprint density at radius 2 is 1.75 bits per heavy atom. The van der Waals surface area contributed by atoms with E-state index in [1.165, 1.54) is 23.3 Å². The van der Waals surface area contributed by atoms with E-state index in [0.29, 0.717) is 9.35 Å². The van der Waals surface area contributed by atoms with Gasteiger partial charge in [-0.15, -0.1) is 11.3 Å². The Labute approximate surface area is 147 Å². The molecule has 0 aromatic carbocycles. The predicted molar refractivity (Wildman–Crippen MR) is 90.2 cm³/mol. The van der Waals surface area contributed by atoms with Crippen molar-refractivity contribution >= 4 is 71.0 Å². The zero-order chi connectivity index (χ0) is 15.6. The first-order valence-electron chi connectivity index (χ1n) is 5.70. The second-order valence-corrected chi connectivity index (χ2v) is 8.39. The van der Waals surface area contributed by atoms with E-state index in [1.54, 1.807) is 7.05 Å². The lowest BCUT2D eigenvalue weighted by molar-refractivity contribution is -0.147. The summed E-state index contributed by atoms with van der Waals surface area (Å²) >= 11 is 11.4. The lowest BCUT2D eigenvalue weighted by Gasteiger charge is -2.28. The Hall–Kier alpha value is 0.0800. The van der Waals surface area contributed by atoms with Crippen molar-refractivity contribution in [3.05, 3.63) is 17.6 Å². The summed E-state index contributed by atoms with van der Waals surface area (Å²) in [5.41, 5.74) is 0. The molecule has 1 atom stereocenters. The smallest absolute Gasteiger partial charge is 0.328 e. The number of hydrogen-bond donors (Lipinski definition) is 0.